The van der Waals surface area contributed by atoms with E-state index in [-0.39, 0.29) is 5.91 Å². The lowest BCUT2D eigenvalue weighted by Crippen LogP contribution is -2.25. The van der Waals surface area contributed by atoms with Crippen LogP contribution in [-0.2, 0) is 4.74 Å². The number of nitrogens with one attached hydrogen (secondary N) is 2. The van der Waals surface area contributed by atoms with Crippen LogP contribution in [0.3, 0.4) is 0 Å². The van der Waals surface area contributed by atoms with Crippen molar-refractivity contribution in [1.82, 2.24) is 15.3 Å². The molecule has 0 unspecified atom stereocenters. The third-order valence-electron chi connectivity index (χ3n) is 1.55. The monoisotopic (exact) mass is 183 g/mol. The Morgan fingerprint density at radius 2 is 2.62 bits per heavy atom. The number of H-pyrrole nitrogens is 1. The predicted molar refractivity (Wildman–Crippen MR) is 47.4 cm³/mol. The summed E-state index contributed by atoms with van der Waals surface area (Å²) in [4.78, 5) is 17.7. The van der Waals surface area contributed by atoms with Crippen molar-refractivity contribution in [3.8, 4) is 0 Å². The molecule has 5 nitrogen and oxygen atoms in total. The van der Waals surface area contributed by atoms with Gasteiger partial charge in [0.25, 0.3) is 5.91 Å². The van der Waals surface area contributed by atoms with Crippen molar-refractivity contribution >= 4 is 5.91 Å². The molecule has 0 aliphatic heterocycles. The molecule has 0 bridgehead atoms. The standard InChI is InChI=1S/C8H13N3O2/c1-13-4-2-3-10-8(12)7-5-9-6-11-7/h5-6H,2-4H2,1H3,(H,9,11)(H,10,12). The summed E-state index contributed by atoms with van der Waals surface area (Å²) >= 11 is 0. The number of aromatic nitrogens is 2. The van der Waals surface area contributed by atoms with Crippen molar-refractivity contribution in [2.75, 3.05) is 20.3 Å². The van der Waals surface area contributed by atoms with Crippen molar-refractivity contribution in [2.45, 2.75) is 6.42 Å². The Labute approximate surface area is 76.5 Å². The van der Waals surface area contributed by atoms with Crippen molar-refractivity contribution in [2.24, 2.45) is 0 Å². The Kier molecular flexibility index (Phi) is 3.98. The average molecular weight is 183 g/mol. The second kappa shape index (κ2) is 5.31. The quantitative estimate of drug-likeness (QED) is 0.640. The Morgan fingerprint density at radius 1 is 1.77 bits per heavy atom. The second-order valence-electron chi connectivity index (χ2n) is 2.57. The molecule has 1 rings (SSSR count). The summed E-state index contributed by atoms with van der Waals surface area (Å²) < 4.78 is 4.84. The molecule has 1 heterocycles. The predicted octanol–water partition coefficient (Wildman–Crippen LogP) is 0.176. The van der Waals surface area contributed by atoms with Crippen LogP contribution in [-0.4, -0.2) is 36.1 Å². The number of methoxy groups -OCH3 is 1. The zero-order valence-electron chi connectivity index (χ0n) is 7.54. The molecular weight excluding hydrogens is 170 g/mol. The van der Waals surface area contributed by atoms with Gasteiger partial charge in [-0.05, 0) is 6.42 Å². The van der Waals surface area contributed by atoms with Gasteiger partial charge in [0.2, 0.25) is 0 Å². The maximum absolute atomic E-state index is 11.2. The molecule has 13 heavy (non-hydrogen) atoms. The molecule has 0 spiro atoms. The highest BCUT2D eigenvalue weighted by Crippen LogP contribution is 1.89. The average Bonchev–Trinajstić information content (AvgIpc) is 2.65. The van der Waals surface area contributed by atoms with E-state index in [0.717, 1.165) is 6.42 Å². The van der Waals surface area contributed by atoms with Gasteiger partial charge in [-0.1, -0.05) is 0 Å². The van der Waals surface area contributed by atoms with Crippen molar-refractivity contribution in [3.63, 3.8) is 0 Å². The number of ether oxygens (including phenoxy) is 1. The number of hydrogen-bond donors (Lipinski definition) is 2. The fourth-order valence-electron chi connectivity index (χ4n) is 0.894. The van der Waals surface area contributed by atoms with Gasteiger partial charge in [-0.15, -0.1) is 0 Å². The Balaban J connectivity index is 2.19. The van der Waals surface area contributed by atoms with Gasteiger partial charge in [0, 0.05) is 20.3 Å². The van der Waals surface area contributed by atoms with Crippen LogP contribution in [0.25, 0.3) is 0 Å². The maximum Gasteiger partial charge on any atom is 0.269 e. The number of amides is 1. The van der Waals surface area contributed by atoms with E-state index in [1.165, 1.54) is 12.5 Å². The van der Waals surface area contributed by atoms with Crippen LogP contribution >= 0.6 is 0 Å². The topological polar surface area (TPSA) is 67.0 Å². The molecule has 1 aromatic rings. The molecule has 0 saturated heterocycles. The minimum atomic E-state index is -0.131. The van der Waals surface area contributed by atoms with Gasteiger partial charge < -0.3 is 15.0 Å². The molecule has 0 radical (unpaired) electrons. The fraction of sp³-hybridized carbons (Fsp3) is 0.500. The molecule has 0 aliphatic rings. The van der Waals surface area contributed by atoms with E-state index in [2.05, 4.69) is 15.3 Å². The first-order valence-corrected chi connectivity index (χ1v) is 4.10. The summed E-state index contributed by atoms with van der Waals surface area (Å²) in [6.07, 6.45) is 3.78. The van der Waals surface area contributed by atoms with Crippen LogP contribution in [0.5, 0.6) is 0 Å². The maximum atomic E-state index is 11.2. The highest BCUT2D eigenvalue weighted by atomic mass is 16.5. The van der Waals surface area contributed by atoms with Crippen molar-refractivity contribution in [3.05, 3.63) is 18.2 Å². The number of rotatable bonds is 5. The molecule has 2 N–H and O–H groups in total. The van der Waals surface area contributed by atoms with E-state index < -0.39 is 0 Å². The van der Waals surface area contributed by atoms with E-state index in [9.17, 15) is 4.79 Å². The normalized spacial score (nSPS) is 9.92. The number of carbonyl (C=O) groups is 1. The highest BCUT2D eigenvalue weighted by Gasteiger charge is 2.04. The lowest BCUT2D eigenvalue weighted by molar-refractivity contribution is 0.0944. The molecule has 0 aliphatic carbocycles. The van der Waals surface area contributed by atoms with Gasteiger partial charge >= 0.3 is 0 Å². The van der Waals surface area contributed by atoms with Gasteiger partial charge in [0.1, 0.15) is 5.69 Å². The highest BCUT2D eigenvalue weighted by molar-refractivity contribution is 5.91. The van der Waals surface area contributed by atoms with E-state index in [0.29, 0.717) is 18.8 Å². The Bertz CT molecular complexity index is 246. The first-order chi connectivity index (χ1) is 6.34. The largest absolute Gasteiger partial charge is 0.385 e. The lowest BCUT2D eigenvalue weighted by atomic mass is 10.4. The first kappa shape index (κ1) is 9.73. The van der Waals surface area contributed by atoms with Crippen molar-refractivity contribution < 1.29 is 9.53 Å². The third-order valence-corrected chi connectivity index (χ3v) is 1.55. The lowest BCUT2D eigenvalue weighted by Gasteiger charge is -2.01. The van der Waals surface area contributed by atoms with Crippen LogP contribution in [0.15, 0.2) is 12.5 Å². The minimum Gasteiger partial charge on any atom is -0.385 e. The smallest absolute Gasteiger partial charge is 0.269 e. The van der Waals surface area contributed by atoms with Gasteiger partial charge in [-0.2, -0.15) is 0 Å². The summed E-state index contributed by atoms with van der Waals surface area (Å²) in [7, 11) is 1.64. The van der Waals surface area contributed by atoms with Crippen LogP contribution in [0.4, 0.5) is 0 Å². The summed E-state index contributed by atoms with van der Waals surface area (Å²) in [5.74, 6) is -0.131. The Morgan fingerprint density at radius 3 is 3.23 bits per heavy atom. The number of aromatic amines is 1. The molecule has 1 aromatic heterocycles. The molecule has 0 saturated carbocycles. The van der Waals surface area contributed by atoms with E-state index >= 15 is 0 Å². The van der Waals surface area contributed by atoms with Gasteiger partial charge in [-0.25, -0.2) is 4.98 Å². The molecule has 72 valence electrons. The third kappa shape index (κ3) is 3.25. The van der Waals surface area contributed by atoms with Crippen LogP contribution in [0, 0.1) is 0 Å². The fourth-order valence-corrected chi connectivity index (χ4v) is 0.894. The number of carbonyl (C=O) groups excluding carboxylic acids is 1. The molecule has 5 heteroatoms. The summed E-state index contributed by atoms with van der Waals surface area (Å²) in [6, 6.07) is 0. The molecule has 0 atom stereocenters. The van der Waals surface area contributed by atoms with Gasteiger partial charge in [0.05, 0.1) is 12.5 Å². The van der Waals surface area contributed by atoms with Gasteiger partial charge in [0.15, 0.2) is 0 Å². The number of hydrogen-bond acceptors (Lipinski definition) is 3. The second-order valence-corrected chi connectivity index (χ2v) is 2.57. The van der Waals surface area contributed by atoms with Crippen molar-refractivity contribution in [1.29, 1.82) is 0 Å². The van der Waals surface area contributed by atoms with E-state index in [4.69, 9.17) is 4.74 Å². The van der Waals surface area contributed by atoms with Crippen LogP contribution in [0.1, 0.15) is 16.9 Å². The SMILES string of the molecule is COCCCNC(=O)c1cnc[nH]1. The zero-order chi connectivity index (χ0) is 9.52. The number of nitrogens with zero attached hydrogens (tertiary/aromatic N) is 1. The number of imidazole rings is 1. The molecule has 0 aromatic carbocycles. The first-order valence-electron chi connectivity index (χ1n) is 4.10. The minimum absolute atomic E-state index is 0.131. The summed E-state index contributed by atoms with van der Waals surface area (Å²) in [6.45, 7) is 1.27. The molecule has 1 amide bonds. The van der Waals surface area contributed by atoms with Crippen LogP contribution < -0.4 is 5.32 Å². The summed E-state index contributed by atoms with van der Waals surface area (Å²) in [5, 5.41) is 2.73. The van der Waals surface area contributed by atoms with E-state index in [1.807, 2.05) is 0 Å². The van der Waals surface area contributed by atoms with E-state index in [1.54, 1.807) is 7.11 Å². The van der Waals surface area contributed by atoms with Crippen LogP contribution in [0.2, 0.25) is 0 Å². The molecule has 0 fully saturated rings. The summed E-state index contributed by atoms with van der Waals surface area (Å²) in [5.41, 5.74) is 0.484. The van der Waals surface area contributed by atoms with Gasteiger partial charge in [-0.3, -0.25) is 4.79 Å². The molecular formula is C8H13N3O2. The zero-order valence-corrected chi connectivity index (χ0v) is 7.54. The Hall–Kier alpha value is -1.36.